The van der Waals surface area contributed by atoms with Gasteiger partial charge in [-0.1, -0.05) is 0 Å². The van der Waals surface area contributed by atoms with Gasteiger partial charge in [0.2, 0.25) is 0 Å². The number of phenolic OH excluding ortho intramolecular Hbond substituents is 1. The molecule has 0 atom stereocenters. The monoisotopic (exact) mass is 419 g/mol. The van der Waals surface area contributed by atoms with E-state index in [9.17, 15) is 20.0 Å². The van der Waals surface area contributed by atoms with Crippen molar-refractivity contribution in [1.82, 2.24) is 4.98 Å². The van der Waals surface area contributed by atoms with Crippen molar-refractivity contribution >= 4 is 35.1 Å². The highest BCUT2D eigenvalue weighted by Crippen LogP contribution is 2.25. The van der Waals surface area contributed by atoms with Crippen molar-refractivity contribution in [3.8, 4) is 5.75 Å². The molecular formula is C21H17N5O5. The van der Waals surface area contributed by atoms with Gasteiger partial charge in [0.1, 0.15) is 5.75 Å². The molecule has 1 heterocycles. The summed E-state index contributed by atoms with van der Waals surface area (Å²) in [6, 6.07) is 13.3. The fraction of sp³-hybridized carbons (Fsp3) is 0.0952. The molecule has 0 saturated carbocycles. The van der Waals surface area contributed by atoms with Crippen molar-refractivity contribution in [2.45, 2.75) is 6.92 Å². The van der Waals surface area contributed by atoms with Crippen molar-refractivity contribution in [3.63, 3.8) is 0 Å². The number of nitro groups is 1. The van der Waals surface area contributed by atoms with Gasteiger partial charge in [0.05, 0.1) is 28.5 Å². The quantitative estimate of drug-likeness (QED) is 0.187. The predicted octanol–water partition coefficient (Wildman–Crippen LogP) is 5.04. The average Bonchev–Trinajstić information content (AvgIpc) is 2.78. The average molecular weight is 419 g/mol. The van der Waals surface area contributed by atoms with E-state index in [0.29, 0.717) is 28.3 Å². The number of benzene rings is 2. The van der Waals surface area contributed by atoms with E-state index in [2.05, 4.69) is 20.2 Å². The number of aromatic nitrogens is 1. The lowest BCUT2D eigenvalue weighted by Gasteiger charge is -2.02. The first-order valence-electron chi connectivity index (χ1n) is 9.12. The standard InChI is InChI=1S/C21H17N5O5/c1-2-31-21(28)14-3-10-20(22-12-14)23-13-15-11-17(6-9-19(15)27)25-24-16-4-7-18(8-5-16)26(29)30/h3-13,27H,2H2,1H3. The Hall–Kier alpha value is -4.47. The van der Waals surface area contributed by atoms with Gasteiger partial charge in [-0.25, -0.2) is 14.8 Å². The third-order valence-electron chi connectivity index (χ3n) is 3.95. The molecule has 1 N–H and O–H groups in total. The van der Waals surface area contributed by atoms with E-state index in [4.69, 9.17) is 4.74 Å². The van der Waals surface area contributed by atoms with Crippen LogP contribution in [0.3, 0.4) is 0 Å². The summed E-state index contributed by atoms with van der Waals surface area (Å²) in [4.78, 5) is 30.1. The van der Waals surface area contributed by atoms with Gasteiger partial charge in [-0.15, -0.1) is 0 Å². The Labute approximate surface area is 176 Å². The molecule has 0 spiro atoms. The Balaban J connectivity index is 1.73. The number of pyridine rings is 1. The number of hydrogen-bond acceptors (Lipinski definition) is 9. The topological polar surface area (TPSA) is 140 Å². The summed E-state index contributed by atoms with van der Waals surface area (Å²) in [5.41, 5.74) is 1.56. The van der Waals surface area contributed by atoms with Crippen molar-refractivity contribution in [2.24, 2.45) is 15.2 Å². The summed E-state index contributed by atoms with van der Waals surface area (Å²) in [7, 11) is 0. The molecule has 0 fully saturated rings. The number of nitrogens with zero attached hydrogens (tertiary/aromatic N) is 5. The molecule has 0 unspecified atom stereocenters. The number of nitro benzene ring substituents is 1. The summed E-state index contributed by atoms with van der Waals surface area (Å²) in [5, 5.41) is 28.8. The zero-order valence-corrected chi connectivity index (χ0v) is 16.4. The Morgan fingerprint density at radius 1 is 1.13 bits per heavy atom. The molecule has 0 aliphatic carbocycles. The second-order valence-corrected chi connectivity index (χ2v) is 6.10. The summed E-state index contributed by atoms with van der Waals surface area (Å²) >= 11 is 0. The SMILES string of the molecule is CCOC(=O)c1ccc(N=Cc2cc(N=Nc3ccc([N+](=O)[O-])cc3)ccc2O)nc1. The maximum absolute atomic E-state index is 11.6. The molecule has 0 radical (unpaired) electrons. The van der Waals surface area contributed by atoms with E-state index in [-0.39, 0.29) is 18.0 Å². The Morgan fingerprint density at radius 3 is 2.48 bits per heavy atom. The number of aromatic hydroxyl groups is 1. The van der Waals surface area contributed by atoms with E-state index in [0.717, 1.165) is 0 Å². The minimum atomic E-state index is -0.494. The van der Waals surface area contributed by atoms with Gasteiger partial charge in [0.15, 0.2) is 5.82 Å². The van der Waals surface area contributed by atoms with E-state index in [1.54, 1.807) is 31.2 Å². The van der Waals surface area contributed by atoms with Gasteiger partial charge in [-0.05, 0) is 49.4 Å². The lowest BCUT2D eigenvalue weighted by molar-refractivity contribution is -0.384. The smallest absolute Gasteiger partial charge is 0.339 e. The number of phenols is 1. The molecule has 0 aliphatic rings. The molecule has 10 nitrogen and oxygen atoms in total. The van der Waals surface area contributed by atoms with E-state index < -0.39 is 10.9 Å². The van der Waals surface area contributed by atoms with Crippen molar-refractivity contribution in [3.05, 3.63) is 82.0 Å². The summed E-state index contributed by atoms with van der Waals surface area (Å²) in [5.74, 6) is -0.138. The second-order valence-electron chi connectivity index (χ2n) is 6.10. The minimum absolute atomic E-state index is 0.0128. The van der Waals surface area contributed by atoms with Gasteiger partial charge in [0, 0.05) is 30.1 Å². The largest absolute Gasteiger partial charge is 0.507 e. The number of non-ortho nitro benzene ring substituents is 1. The molecule has 0 saturated heterocycles. The van der Waals surface area contributed by atoms with Gasteiger partial charge in [0.25, 0.3) is 5.69 Å². The zero-order chi connectivity index (χ0) is 22.2. The first kappa shape index (κ1) is 21.2. The highest BCUT2D eigenvalue weighted by atomic mass is 16.6. The van der Waals surface area contributed by atoms with E-state index in [1.165, 1.54) is 42.7 Å². The number of esters is 1. The van der Waals surface area contributed by atoms with Crippen molar-refractivity contribution in [2.75, 3.05) is 6.61 Å². The van der Waals surface area contributed by atoms with Gasteiger partial charge in [-0.2, -0.15) is 10.2 Å². The normalized spacial score (nSPS) is 11.1. The number of azo groups is 1. The lowest BCUT2D eigenvalue weighted by atomic mass is 10.2. The van der Waals surface area contributed by atoms with Crippen LogP contribution in [0.4, 0.5) is 22.9 Å². The molecule has 31 heavy (non-hydrogen) atoms. The number of hydrogen-bond donors (Lipinski definition) is 1. The second kappa shape index (κ2) is 9.83. The maximum Gasteiger partial charge on any atom is 0.339 e. The maximum atomic E-state index is 11.6. The van der Waals surface area contributed by atoms with Crippen LogP contribution in [0.5, 0.6) is 5.75 Å². The van der Waals surface area contributed by atoms with Crippen LogP contribution in [0.15, 0.2) is 76.0 Å². The van der Waals surface area contributed by atoms with Gasteiger partial charge >= 0.3 is 5.97 Å². The van der Waals surface area contributed by atoms with Crippen LogP contribution >= 0.6 is 0 Å². The predicted molar refractivity (Wildman–Crippen MR) is 113 cm³/mol. The number of carbonyl (C=O) groups excluding carboxylic acids is 1. The first-order chi connectivity index (χ1) is 15.0. The minimum Gasteiger partial charge on any atom is -0.507 e. The number of ether oxygens (including phenoxy) is 1. The summed E-state index contributed by atoms with van der Waals surface area (Å²) in [6.45, 7) is 1.99. The third-order valence-corrected chi connectivity index (χ3v) is 3.95. The molecule has 1 aromatic heterocycles. The van der Waals surface area contributed by atoms with E-state index >= 15 is 0 Å². The summed E-state index contributed by atoms with van der Waals surface area (Å²) < 4.78 is 4.90. The van der Waals surface area contributed by atoms with Gasteiger partial charge in [-0.3, -0.25) is 10.1 Å². The Bertz CT molecular complexity index is 1140. The molecular weight excluding hydrogens is 402 g/mol. The van der Waals surface area contributed by atoms with Crippen LogP contribution < -0.4 is 0 Å². The van der Waals surface area contributed by atoms with E-state index in [1.807, 2.05) is 0 Å². The molecule has 156 valence electrons. The van der Waals surface area contributed by atoms with Crippen LogP contribution in [0.2, 0.25) is 0 Å². The molecule has 0 aliphatic heterocycles. The Kier molecular flexibility index (Phi) is 6.74. The van der Waals surface area contributed by atoms with Crippen LogP contribution in [-0.4, -0.2) is 33.8 Å². The molecule has 3 rings (SSSR count). The summed E-state index contributed by atoms with van der Waals surface area (Å²) in [6.07, 6.45) is 2.77. The zero-order valence-electron chi connectivity index (χ0n) is 16.4. The molecule has 0 bridgehead atoms. The first-order valence-corrected chi connectivity index (χ1v) is 9.12. The number of carbonyl (C=O) groups is 1. The number of aliphatic imine (C=N–C) groups is 1. The fourth-order valence-corrected chi connectivity index (χ4v) is 2.40. The molecule has 2 aromatic carbocycles. The van der Waals surface area contributed by atoms with Crippen LogP contribution in [-0.2, 0) is 4.74 Å². The van der Waals surface area contributed by atoms with Crippen LogP contribution in [0, 0.1) is 10.1 Å². The molecule has 10 heteroatoms. The third kappa shape index (κ3) is 5.76. The van der Waals surface area contributed by atoms with Gasteiger partial charge < -0.3 is 9.84 Å². The Morgan fingerprint density at radius 2 is 1.84 bits per heavy atom. The molecule has 3 aromatic rings. The van der Waals surface area contributed by atoms with Crippen molar-refractivity contribution < 1.29 is 19.6 Å². The van der Waals surface area contributed by atoms with Crippen LogP contribution in [0.1, 0.15) is 22.8 Å². The highest BCUT2D eigenvalue weighted by Gasteiger charge is 2.07. The lowest BCUT2D eigenvalue weighted by Crippen LogP contribution is -2.04. The molecule has 0 amide bonds. The van der Waals surface area contributed by atoms with Crippen LogP contribution in [0.25, 0.3) is 0 Å². The highest BCUT2D eigenvalue weighted by molar-refractivity contribution is 5.89. The van der Waals surface area contributed by atoms with Crippen molar-refractivity contribution in [1.29, 1.82) is 0 Å². The number of rotatable bonds is 7. The fourth-order valence-electron chi connectivity index (χ4n) is 2.40.